The van der Waals surface area contributed by atoms with Gasteiger partial charge in [0.25, 0.3) is 0 Å². The summed E-state index contributed by atoms with van der Waals surface area (Å²) in [5, 5.41) is 0. The number of benzene rings is 1. The fourth-order valence-electron chi connectivity index (χ4n) is 1.30. The highest BCUT2D eigenvalue weighted by atomic mass is 14.9. The maximum atomic E-state index is 5.91. The van der Waals surface area contributed by atoms with Crippen molar-refractivity contribution >= 4 is 5.69 Å². The van der Waals surface area contributed by atoms with Crippen LogP contribution < -0.4 is 5.73 Å². The molecule has 1 aromatic heterocycles. The minimum atomic E-state index is 0.789. The van der Waals surface area contributed by atoms with Crippen molar-refractivity contribution in [2.24, 2.45) is 0 Å². The second-order valence-corrected chi connectivity index (χ2v) is 2.97. The molecule has 0 saturated heterocycles. The summed E-state index contributed by atoms with van der Waals surface area (Å²) in [5.74, 6) is 0.821. The molecule has 0 radical (unpaired) electrons. The number of hydrogen-bond acceptors (Lipinski definition) is 2. The second-order valence-electron chi connectivity index (χ2n) is 2.97. The lowest BCUT2D eigenvalue weighted by Crippen LogP contribution is -1.94. The van der Waals surface area contributed by atoms with Gasteiger partial charge in [0.05, 0.1) is 0 Å². The molecule has 0 aliphatic carbocycles. The molecule has 1 heterocycles. The van der Waals surface area contributed by atoms with Gasteiger partial charge in [-0.3, -0.25) is 0 Å². The number of hydrogen-bond donors (Lipinski definition) is 2. The molecule has 0 fully saturated rings. The first-order chi connectivity index (χ1) is 6.29. The molecule has 1 aromatic carbocycles. The zero-order valence-corrected chi connectivity index (χ0v) is 7.41. The monoisotopic (exact) mass is 173 g/mol. The molecule has 3 heteroatoms. The highest BCUT2D eigenvalue weighted by Crippen LogP contribution is 2.24. The number of nitrogen functional groups attached to an aromatic ring is 1. The lowest BCUT2D eigenvalue weighted by atomic mass is 10.1. The van der Waals surface area contributed by atoms with Gasteiger partial charge in [0.15, 0.2) is 0 Å². The van der Waals surface area contributed by atoms with Crippen LogP contribution in [-0.4, -0.2) is 9.97 Å². The smallest absolute Gasteiger partial charge is 0.139 e. The van der Waals surface area contributed by atoms with Crippen LogP contribution in [0.15, 0.2) is 30.6 Å². The molecule has 3 nitrogen and oxygen atoms in total. The van der Waals surface area contributed by atoms with E-state index >= 15 is 0 Å². The number of nitrogens with two attached hydrogens (primary N) is 1. The molecule has 0 unspecified atom stereocenters. The van der Waals surface area contributed by atoms with Gasteiger partial charge in [-0.15, -0.1) is 0 Å². The lowest BCUT2D eigenvalue weighted by Gasteiger charge is -2.04. The third kappa shape index (κ3) is 1.28. The Morgan fingerprint density at radius 3 is 2.92 bits per heavy atom. The van der Waals surface area contributed by atoms with Gasteiger partial charge in [0, 0.05) is 23.6 Å². The van der Waals surface area contributed by atoms with E-state index in [-0.39, 0.29) is 0 Å². The maximum Gasteiger partial charge on any atom is 0.139 e. The number of aryl methyl sites for hydroxylation is 1. The third-order valence-electron chi connectivity index (χ3n) is 2.08. The maximum absolute atomic E-state index is 5.91. The Kier molecular flexibility index (Phi) is 1.77. The molecule has 0 aliphatic heterocycles. The van der Waals surface area contributed by atoms with Gasteiger partial charge in [0.1, 0.15) is 5.82 Å². The SMILES string of the molecule is Cc1cccc(-c2ncc[nH]2)c1N. The minimum Gasteiger partial charge on any atom is -0.398 e. The molecule has 66 valence electrons. The highest BCUT2D eigenvalue weighted by Gasteiger charge is 2.04. The van der Waals surface area contributed by atoms with E-state index < -0.39 is 0 Å². The van der Waals surface area contributed by atoms with Gasteiger partial charge in [-0.1, -0.05) is 12.1 Å². The van der Waals surface area contributed by atoms with E-state index in [1.165, 1.54) is 0 Å². The Bertz CT molecular complexity index is 404. The van der Waals surface area contributed by atoms with Gasteiger partial charge in [-0.25, -0.2) is 4.98 Å². The van der Waals surface area contributed by atoms with E-state index in [0.717, 1.165) is 22.6 Å². The topological polar surface area (TPSA) is 54.7 Å². The summed E-state index contributed by atoms with van der Waals surface area (Å²) in [6.45, 7) is 1.99. The van der Waals surface area contributed by atoms with Crippen LogP contribution >= 0.6 is 0 Å². The third-order valence-corrected chi connectivity index (χ3v) is 2.08. The van der Waals surface area contributed by atoms with Crippen LogP contribution in [0.25, 0.3) is 11.4 Å². The van der Waals surface area contributed by atoms with Gasteiger partial charge in [-0.05, 0) is 18.6 Å². The molecular weight excluding hydrogens is 162 g/mol. The summed E-state index contributed by atoms with van der Waals surface area (Å²) < 4.78 is 0. The number of nitrogens with zero attached hydrogens (tertiary/aromatic N) is 1. The molecule has 3 N–H and O–H groups in total. The van der Waals surface area contributed by atoms with Gasteiger partial charge >= 0.3 is 0 Å². The normalized spacial score (nSPS) is 10.2. The standard InChI is InChI=1S/C10H11N3/c1-7-3-2-4-8(9(7)11)10-12-5-6-13-10/h2-6H,11H2,1H3,(H,12,13). The van der Waals surface area contributed by atoms with Crippen molar-refractivity contribution < 1.29 is 0 Å². The molecule has 2 rings (SSSR count). The summed E-state index contributed by atoms with van der Waals surface area (Å²) in [6.07, 6.45) is 3.51. The molecule has 13 heavy (non-hydrogen) atoms. The Morgan fingerprint density at radius 1 is 1.38 bits per heavy atom. The predicted molar refractivity (Wildman–Crippen MR) is 53.2 cm³/mol. The van der Waals surface area contributed by atoms with Gasteiger partial charge < -0.3 is 10.7 Å². The number of anilines is 1. The Hall–Kier alpha value is -1.77. The average Bonchev–Trinajstić information content (AvgIpc) is 2.62. The number of nitrogens with one attached hydrogen (secondary N) is 1. The second kappa shape index (κ2) is 2.94. The van der Waals surface area contributed by atoms with Crippen molar-refractivity contribution in [2.75, 3.05) is 5.73 Å². The van der Waals surface area contributed by atoms with E-state index in [1.54, 1.807) is 12.4 Å². The molecule has 0 atom stereocenters. The van der Waals surface area contributed by atoms with Crippen LogP contribution in [0.3, 0.4) is 0 Å². The van der Waals surface area contributed by atoms with E-state index in [4.69, 9.17) is 5.73 Å². The molecular formula is C10H11N3. The van der Waals surface area contributed by atoms with E-state index in [0.29, 0.717) is 0 Å². The first-order valence-electron chi connectivity index (χ1n) is 4.14. The average molecular weight is 173 g/mol. The largest absolute Gasteiger partial charge is 0.398 e. The Balaban J connectivity index is 2.59. The van der Waals surface area contributed by atoms with Gasteiger partial charge in [-0.2, -0.15) is 0 Å². The fourth-order valence-corrected chi connectivity index (χ4v) is 1.30. The van der Waals surface area contributed by atoms with Crippen LogP contribution in [0, 0.1) is 6.92 Å². The summed E-state index contributed by atoms with van der Waals surface area (Å²) in [6, 6.07) is 5.92. The number of aromatic amines is 1. The molecule has 0 amide bonds. The molecule has 2 aromatic rings. The number of H-pyrrole nitrogens is 1. The van der Waals surface area contributed by atoms with E-state index in [2.05, 4.69) is 9.97 Å². The van der Waals surface area contributed by atoms with Crippen LogP contribution in [-0.2, 0) is 0 Å². The first-order valence-corrected chi connectivity index (χ1v) is 4.14. The summed E-state index contributed by atoms with van der Waals surface area (Å²) in [4.78, 5) is 7.18. The zero-order chi connectivity index (χ0) is 9.26. The Labute approximate surface area is 76.6 Å². The van der Waals surface area contributed by atoms with Crippen LogP contribution in [0.5, 0.6) is 0 Å². The quantitative estimate of drug-likeness (QED) is 0.648. The van der Waals surface area contributed by atoms with E-state index in [9.17, 15) is 0 Å². The lowest BCUT2D eigenvalue weighted by molar-refractivity contribution is 1.30. The van der Waals surface area contributed by atoms with Crippen molar-refractivity contribution in [2.45, 2.75) is 6.92 Å². The minimum absolute atomic E-state index is 0.789. The first kappa shape index (κ1) is 7.86. The molecule has 0 spiro atoms. The van der Waals surface area contributed by atoms with Crippen molar-refractivity contribution in [3.05, 3.63) is 36.2 Å². The number of imidazole rings is 1. The van der Waals surface area contributed by atoms with Crippen LogP contribution in [0.2, 0.25) is 0 Å². The predicted octanol–water partition coefficient (Wildman–Crippen LogP) is 1.97. The van der Waals surface area contributed by atoms with Crippen molar-refractivity contribution in [3.8, 4) is 11.4 Å². The molecule has 0 saturated carbocycles. The Morgan fingerprint density at radius 2 is 2.23 bits per heavy atom. The number of aromatic nitrogens is 2. The summed E-state index contributed by atoms with van der Waals surface area (Å²) >= 11 is 0. The highest BCUT2D eigenvalue weighted by molar-refractivity contribution is 5.73. The molecule has 0 bridgehead atoms. The number of para-hydroxylation sites is 1. The van der Waals surface area contributed by atoms with Crippen LogP contribution in [0.1, 0.15) is 5.56 Å². The summed E-state index contributed by atoms with van der Waals surface area (Å²) in [7, 11) is 0. The van der Waals surface area contributed by atoms with Crippen molar-refractivity contribution in [3.63, 3.8) is 0 Å². The molecule has 0 aliphatic rings. The van der Waals surface area contributed by atoms with Crippen molar-refractivity contribution in [1.29, 1.82) is 0 Å². The number of rotatable bonds is 1. The van der Waals surface area contributed by atoms with E-state index in [1.807, 2.05) is 25.1 Å². The van der Waals surface area contributed by atoms with Gasteiger partial charge in [0.2, 0.25) is 0 Å². The fraction of sp³-hybridized carbons (Fsp3) is 0.100. The van der Waals surface area contributed by atoms with Crippen molar-refractivity contribution in [1.82, 2.24) is 9.97 Å². The summed E-state index contributed by atoms with van der Waals surface area (Å²) in [5.41, 5.74) is 8.74. The van der Waals surface area contributed by atoms with Crippen LogP contribution in [0.4, 0.5) is 5.69 Å². The zero-order valence-electron chi connectivity index (χ0n) is 7.41.